The molecule has 1 atom stereocenters. The second-order valence-electron chi connectivity index (χ2n) is 2.85. The van der Waals surface area contributed by atoms with E-state index < -0.39 is 0 Å². The summed E-state index contributed by atoms with van der Waals surface area (Å²) in [6.07, 6.45) is 0.901. The summed E-state index contributed by atoms with van der Waals surface area (Å²) in [7, 11) is 0. The highest BCUT2D eigenvalue weighted by atomic mass is 16.5. The molecule has 1 unspecified atom stereocenters. The molecule has 4 heteroatoms. The molecule has 1 heterocycles. The molecule has 12 heavy (non-hydrogen) atoms. The van der Waals surface area contributed by atoms with Gasteiger partial charge in [0.05, 0.1) is 19.3 Å². The lowest BCUT2D eigenvalue weighted by molar-refractivity contribution is -0.0331. The van der Waals surface area contributed by atoms with E-state index in [1.807, 2.05) is 0 Å². The van der Waals surface area contributed by atoms with Crippen LogP contribution in [0.15, 0.2) is 0 Å². The van der Waals surface area contributed by atoms with Crippen LogP contribution >= 0.6 is 0 Å². The minimum Gasteiger partial charge on any atom is -0.396 e. The minimum absolute atomic E-state index is 0.192. The number of aliphatic hydroxyl groups is 1. The van der Waals surface area contributed by atoms with Gasteiger partial charge in [0.1, 0.15) is 0 Å². The van der Waals surface area contributed by atoms with Crippen LogP contribution in [0.2, 0.25) is 0 Å². The van der Waals surface area contributed by atoms with E-state index in [1.165, 1.54) is 0 Å². The van der Waals surface area contributed by atoms with Crippen molar-refractivity contribution in [3.8, 4) is 0 Å². The highest BCUT2D eigenvalue weighted by molar-refractivity contribution is 4.65. The molecule has 72 valence electrons. The molecule has 1 rings (SSSR count). The summed E-state index contributed by atoms with van der Waals surface area (Å²) in [6.45, 7) is 4.04. The smallest absolute Gasteiger partial charge is 0.0933 e. The first-order chi connectivity index (χ1) is 5.93. The van der Waals surface area contributed by atoms with Crippen molar-refractivity contribution in [3.05, 3.63) is 0 Å². The van der Waals surface area contributed by atoms with Crippen molar-refractivity contribution in [1.29, 1.82) is 0 Å². The summed E-state index contributed by atoms with van der Waals surface area (Å²) in [4.78, 5) is 0. The van der Waals surface area contributed by atoms with Crippen LogP contribution in [0.4, 0.5) is 0 Å². The lowest BCUT2D eigenvalue weighted by atomic mass is 10.3. The third-order valence-corrected chi connectivity index (χ3v) is 1.75. The Morgan fingerprint density at radius 2 is 2.50 bits per heavy atom. The van der Waals surface area contributed by atoms with Crippen molar-refractivity contribution in [1.82, 2.24) is 5.32 Å². The Bertz CT molecular complexity index is 104. The van der Waals surface area contributed by atoms with Gasteiger partial charge >= 0.3 is 0 Å². The van der Waals surface area contributed by atoms with Gasteiger partial charge in [-0.05, 0) is 6.42 Å². The number of nitrogens with one attached hydrogen (secondary N) is 1. The molecule has 0 amide bonds. The summed E-state index contributed by atoms with van der Waals surface area (Å²) >= 11 is 0. The Labute approximate surface area is 72.9 Å². The van der Waals surface area contributed by atoms with Gasteiger partial charge in [-0.2, -0.15) is 0 Å². The molecule has 4 nitrogen and oxygen atoms in total. The Hall–Kier alpha value is -0.160. The Morgan fingerprint density at radius 3 is 3.17 bits per heavy atom. The minimum atomic E-state index is 0.192. The van der Waals surface area contributed by atoms with Gasteiger partial charge in [-0.15, -0.1) is 0 Å². The Balaban J connectivity index is 1.91. The Morgan fingerprint density at radius 1 is 1.58 bits per heavy atom. The van der Waals surface area contributed by atoms with E-state index >= 15 is 0 Å². The standard InChI is InChI=1S/C8H17NO3/c10-3-1-4-11-7-8-6-9-2-5-12-8/h8-10H,1-7H2. The molecule has 0 spiro atoms. The van der Waals surface area contributed by atoms with E-state index in [1.54, 1.807) is 0 Å². The van der Waals surface area contributed by atoms with Crippen LogP contribution in [0.25, 0.3) is 0 Å². The molecule has 0 aromatic heterocycles. The van der Waals surface area contributed by atoms with E-state index in [0.717, 1.165) is 19.7 Å². The van der Waals surface area contributed by atoms with Crippen LogP contribution in [0, 0.1) is 0 Å². The van der Waals surface area contributed by atoms with Crippen LogP contribution in [0.3, 0.4) is 0 Å². The maximum Gasteiger partial charge on any atom is 0.0933 e. The fourth-order valence-electron chi connectivity index (χ4n) is 1.11. The third-order valence-electron chi connectivity index (χ3n) is 1.75. The maximum atomic E-state index is 8.48. The van der Waals surface area contributed by atoms with E-state index in [2.05, 4.69) is 5.32 Å². The van der Waals surface area contributed by atoms with E-state index in [0.29, 0.717) is 19.6 Å². The zero-order valence-electron chi connectivity index (χ0n) is 7.29. The SMILES string of the molecule is OCCCOCC1CNCCO1. The highest BCUT2D eigenvalue weighted by Crippen LogP contribution is 1.96. The van der Waals surface area contributed by atoms with Crippen LogP contribution in [-0.2, 0) is 9.47 Å². The number of morpholine rings is 1. The summed E-state index contributed by atoms with van der Waals surface area (Å²) in [5, 5.41) is 11.7. The largest absolute Gasteiger partial charge is 0.396 e. The molecule has 1 fully saturated rings. The van der Waals surface area contributed by atoms with Gasteiger partial charge in [-0.3, -0.25) is 0 Å². The molecule has 1 aliphatic heterocycles. The number of ether oxygens (including phenoxy) is 2. The lowest BCUT2D eigenvalue weighted by Crippen LogP contribution is -2.41. The lowest BCUT2D eigenvalue weighted by Gasteiger charge is -2.23. The van der Waals surface area contributed by atoms with Gasteiger partial charge in [0.2, 0.25) is 0 Å². The first kappa shape index (κ1) is 9.92. The molecule has 0 aliphatic carbocycles. The van der Waals surface area contributed by atoms with Gasteiger partial charge in [0.15, 0.2) is 0 Å². The molecular formula is C8H17NO3. The zero-order chi connectivity index (χ0) is 8.65. The van der Waals surface area contributed by atoms with Crippen LogP contribution in [0.1, 0.15) is 6.42 Å². The maximum absolute atomic E-state index is 8.48. The van der Waals surface area contributed by atoms with Crippen molar-refractivity contribution in [2.75, 3.05) is 39.5 Å². The normalized spacial score (nSPS) is 24.2. The quantitative estimate of drug-likeness (QED) is 0.546. The summed E-state index contributed by atoms with van der Waals surface area (Å²) in [5.74, 6) is 0. The monoisotopic (exact) mass is 175 g/mol. The first-order valence-corrected chi connectivity index (χ1v) is 4.44. The molecule has 1 saturated heterocycles. The molecule has 0 radical (unpaired) electrons. The van der Waals surface area contributed by atoms with Crippen molar-refractivity contribution in [2.45, 2.75) is 12.5 Å². The number of aliphatic hydroxyl groups excluding tert-OH is 1. The molecule has 1 aliphatic rings. The summed E-state index contributed by atoms with van der Waals surface area (Å²) in [6, 6.07) is 0. The predicted molar refractivity (Wildman–Crippen MR) is 45.1 cm³/mol. The van der Waals surface area contributed by atoms with Gasteiger partial charge in [0, 0.05) is 26.3 Å². The first-order valence-electron chi connectivity index (χ1n) is 4.44. The van der Waals surface area contributed by atoms with E-state index in [9.17, 15) is 0 Å². The Kier molecular flexibility index (Phi) is 5.27. The predicted octanol–water partition coefficient (Wildman–Crippen LogP) is -0.626. The molecule has 0 bridgehead atoms. The van der Waals surface area contributed by atoms with E-state index in [-0.39, 0.29) is 12.7 Å². The van der Waals surface area contributed by atoms with Gasteiger partial charge in [-0.1, -0.05) is 0 Å². The highest BCUT2D eigenvalue weighted by Gasteiger charge is 2.12. The molecular weight excluding hydrogens is 158 g/mol. The van der Waals surface area contributed by atoms with Crippen LogP contribution in [-0.4, -0.2) is 50.7 Å². The third kappa shape index (κ3) is 4.01. The fourth-order valence-corrected chi connectivity index (χ4v) is 1.11. The van der Waals surface area contributed by atoms with Gasteiger partial charge < -0.3 is 19.9 Å². The summed E-state index contributed by atoms with van der Waals surface area (Å²) in [5.41, 5.74) is 0. The molecule has 0 aromatic carbocycles. The molecule has 0 aromatic rings. The fraction of sp³-hybridized carbons (Fsp3) is 1.00. The van der Waals surface area contributed by atoms with Gasteiger partial charge in [-0.25, -0.2) is 0 Å². The average molecular weight is 175 g/mol. The van der Waals surface area contributed by atoms with Crippen LogP contribution < -0.4 is 5.32 Å². The number of hydrogen-bond donors (Lipinski definition) is 2. The number of hydrogen-bond acceptors (Lipinski definition) is 4. The molecule has 0 saturated carbocycles. The van der Waals surface area contributed by atoms with Crippen molar-refractivity contribution < 1.29 is 14.6 Å². The van der Waals surface area contributed by atoms with Crippen molar-refractivity contribution >= 4 is 0 Å². The second-order valence-corrected chi connectivity index (χ2v) is 2.85. The van der Waals surface area contributed by atoms with Crippen LogP contribution in [0.5, 0.6) is 0 Å². The van der Waals surface area contributed by atoms with Gasteiger partial charge in [0.25, 0.3) is 0 Å². The average Bonchev–Trinajstić information content (AvgIpc) is 2.14. The molecule has 2 N–H and O–H groups in total. The topological polar surface area (TPSA) is 50.7 Å². The zero-order valence-corrected chi connectivity index (χ0v) is 7.29. The number of rotatable bonds is 5. The second kappa shape index (κ2) is 6.37. The van der Waals surface area contributed by atoms with E-state index in [4.69, 9.17) is 14.6 Å². The van der Waals surface area contributed by atoms with Crippen molar-refractivity contribution in [2.24, 2.45) is 0 Å². The summed E-state index contributed by atoms with van der Waals surface area (Å²) < 4.78 is 10.7. The van der Waals surface area contributed by atoms with Crippen molar-refractivity contribution in [3.63, 3.8) is 0 Å².